The molecule has 3 aromatic carbocycles. The van der Waals surface area contributed by atoms with E-state index in [0.29, 0.717) is 6.61 Å². The molecular formula is C26H28O7S. The first kappa shape index (κ1) is 24.5. The van der Waals surface area contributed by atoms with Gasteiger partial charge in [0.15, 0.2) is 0 Å². The normalized spacial score (nSPS) is 22.6. The molecule has 3 aromatic rings. The molecule has 0 amide bonds. The first-order chi connectivity index (χ1) is 16.5. The van der Waals surface area contributed by atoms with Gasteiger partial charge in [-0.15, -0.1) is 0 Å². The van der Waals surface area contributed by atoms with Crippen LogP contribution >= 0.6 is 0 Å². The molecule has 1 saturated heterocycles. The van der Waals surface area contributed by atoms with Gasteiger partial charge in [0.05, 0.1) is 26.4 Å². The summed E-state index contributed by atoms with van der Waals surface area (Å²) in [4.78, 5) is 0. The summed E-state index contributed by atoms with van der Waals surface area (Å²) in [6, 6.07) is 28.5. The Hall–Kier alpha value is -2.59. The van der Waals surface area contributed by atoms with Gasteiger partial charge in [-0.05, 0) is 16.7 Å². The van der Waals surface area contributed by atoms with Crippen LogP contribution in [0.4, 0.5) is 0 Å². The first-order valence-electron chi connectivity index (χ1n) is 11.1. The lowest BCUT2D eigenvalue weighted by molar-refractivity contribution is -0.0896. The van der Waals surface area contributed by atoms with Gasteiger partial charge in [-0.25, -0.2) is 0 Å². The molecule has 1 aliphatic heterocycles. The molecule has 1 N–H and O–H groups in total. The van der Waals surface area contributed by atoms with Gasteiger partial charge in [0.25, 0.3) is 10.1 Å². The molecule has 34 heavy (non-hydrogen) atoms. The highest BCUT2D eigenvalue weighted by Gasteiger charge is 2.52. The van der Waals surface area contributed by atoms with E-state index in [-0.39, 0.29) is 19.8 Å². The molecule has 8 heteroatoms. The van der Waals surface area contributed by atoms with Crippen LogP contribution in [0.5, 0.6) is 0 Å². The van der Waals surface area contributed by atoms with E-state index in [9.17, 15) is 13.0 Å². The highest BCUT2D eigenvalue weighted by molar-refractivity contribution is 7.86. The van der Waals surface area contributed by atoms with E-state index in [1.54, 1.807) is 0 Å². The van der Waals surface area contributed by atoms with Crippen molar-refractivity contribution < 1.29 is 31.9 Å². The Morgan fingerprint density at radius 3 is 1.59 bits per heavy atom. The van der Waals surface area contributed by atoms with Crippen LogP contribution in [0.3, 0.4) is 0 Å². The molecule has 0 unspecified atom stereocenters. The Labute approximate surface area is 200 Å². The molecule has 4 atom stereocenters. The van der Waals surface area contributed by atoms with E-state index in [1.807, 2.05) is 91.0 Å². The fourth-order valence-electron chi connectivity index (χ4n) is 3.84. The Balaban J connectivity index is 1.50. The largest absolute Gasteiger partial charge is 0.374 e. The van der Waals surface area contributed by atoms with E-state index < -0.39 is 33.9 Å². The standard InChI is InChI=1S/C26H28O7S/c27-34(28,29)26-25(32-18-22-14-8-3-9-15-22)24(31-17-21-12-6-2-7-13-21)23(33-26)19-30-16-20-10-4-1-5-11-20/h1-15,23-26H,16-19H2,(H,27,28,29)/t23-,24-,25+,26+/m1/s1. The number of hydrogen-bond acceptors (Lipinski definition) is 6. The second-order valence-electron chi connectivity index (χ2n) is 8.08. The summed E-state index contributed by atoms with van der Waals surface area (Å²) >= 11 is 0. The number of hydrogen-bond donors (Lipinski definition) is 1. The molecule has 0 radical (unpaired) electrons. The Bertz CT molecular complexity index is 1110. The molecule has 180 valence electrons. The van der Waals surface area contributed by atoms with Crippen LogP contribution in [0.1, 0.15) is 16.7 Å². The van der Waals surface area contributed by atoms with Crippen LogP contribution in [0, 0.1) is 0 Å². The van der Waals surface area contributed by atoms with Crippen molar-refractivity contribution in [2.45, 2.75) is 43.6 Å². The summed E-state index contributed by atoms with van der Waals surface area (Å²) < 4.78 is 57.9. The predicted molar refractivity (Wildman–Crippen MR) is 126 cm³/mol. The van der Waals surface area contributed by atoms with Gasteiger partial charge >= 0.3 is 0 Å². The lowest BCUT2D eigenvalue weighted by atomic mass is 10.1. The minimum Gasteiger partial charge on any atom is -0.374 e. The Morgan fingerprint density at radius 2 is 1.12 bits per heavy atom. The van der Waals surface area contributed by atoms with Crippen molar-refractivity contribution in [3.63, 3.8) is 0 Å². The van der Waals surface area contributed by atoms with Gasteiger partial charge in [0, 0.05) is 0 Å². The van der Waals surface area contributed by atoms with Crippen LogP contribution in [-0.4, -0.2) is 43.3 Å². The summed E-state index contributed by atoms with van der Waals surface area (Å²) in [6.45, 7) is 0.779. The van der Waals surface area contributed by atoms with Crippen LogP contribution in [0.25, 0.3) is 0 Å². The van der Waals surface area contributed by atoms with E-state index >= 15 is 0 Å². The number of benzene rings is 3. The van der Waals surface area contributed by atoms with Crippen molar-refractivity contribution in [2.75, 3.05) is 6.61 Å². The summed E-state index contributed by atoms with van der Waals surface area (Å²) in [5.74, 6) is 0. The molecular weight excluding hydrogens is 456 g/mol. The van der Waals surface area contributed by atoms with E-state index in [2.05, 4.69) is 0 Å². The Kier molecular flexibility index (Phi) is 8.44. The van der Waals surface area contributed by atoms with E-state index in [1.165, 1.54) is 0 Å². The molecule has 1 aliphatic rings. The van der Waals surface area contributed by atoms with Gasteiger partial charge in [0.2, 0.25) is 5.44 Å². The lowest BCUT2D eigenvalue weighted by Crippen LogP contribution is -2.41. The van der Waals surface area contributed by atoms with Crippen molar-refractivity contribution in [3.05, 3.63) is 108 Å². The summed E-state index contributed by atoms with van der Waals surface area (Å²) in [5, 5.41) is 0. The van der Waals surface area contributed by atoms with Crippen molar-refractivity contribution in [3.8, 4) is 0 Å². The zero-order chi connectivity index (χ0) is 23.8. The molecule has 0 aromatic heterocycles. The monoisotopic (exact) mass is 484 g/mol. The van der Waals surface area contributed by atoms with Crippen molar-refractivity contribution in [1.29, 1.82) is 0 Å². The molecule has 1 heterocycles. The molecule has 0 aliphatic carbocycles. The maximum absolute atomic E-state index is 12.2. The lowest BCUT2D eigenvalue weighted by Gasteiger charge is -2.24. The molecule has 4 rings (SSSR count). The minimum absolute atomic E-state index is 0.0750. The highest BCUT2D eigenvalue weighted by atomic mass is 32.2. The maximum Gasteiger partial charge on any atom is 0.295 e. The molecule has 7 nitrogen and oxygen atoms in total. The third-order valence-electron chi connectivity index (χ3n) is 5.53. The van der Waals surface area contributed by atoms with E-state index in [4.69, 9.17) is 18.9 Å². The van der Waals surface area contributed by atoms with Crippen LogP contribution in [0.15, 0.2) is 91.0 Å². The average Bonchev–Trinajstić information content (AvgIpc) is 3.21. The van der Waals surface area contributed by atoms with E-state index in [0.717, 1.165) is 16.7 Å². The highest BCUT2D eigenvalue weighted by Crippen LogP contribution is 2.31. The summed E-state index contributed by atoms with van der Waals surface area (Å²) in [5.41, 5.74) is 1.18. The van der Waals surface area contributed by atoms with Gasteiger partial charge in [-0.2, -0.15) is 8.42 Å². The van der Waals surface area contributed by atoms with Gasteiger partial charge < -0.3 is 18.9 Å². The fraction of sp³-hybridized carbons (Fsp3) is 0.308. The third kappa shape index (κ3) is 6.73. The van der Waals surface area contributed by atoms with Crippen LogP contribution in [0.2, 0.25) is 0 Å². The molecule has 0 bridgehead atoms. The van der Waals surface area contributed by atoms with Crippen molar-refractivity contribution >= 4 is 10.1 Å². The second kappa shape index (κ2) is 11.7. The van der Waals surface area contributed by atoms with Gasteiger partial charge in [0.1, 0.15) is 18.3 Å². The van der Waals surface area contributed by atoms with Crippen LogP contribution in [-0.2, 0) is 48.9 Å². The number of ether oxygens (including phenoxy) is 4. The molecule has 1 fully saturated rings. The minimum atomic E-state index is -4.56. The predicted octanol–water partition coefficient (Wildman–Crippen LogP) is 3.99. The molecule has 0 saturated carbocycles. The zero-order valence-corrected chi connectivity index (χ0v) is 19.4. The second-order valence-corrected chi connectivity index (χ2v) is 9.58. The quantitative estimate of drug-likeness (QED) is 0.412. The van der Waals surface area contributed by atoms with Crippen molar-refractivity contribution in [2.24, 2.45) is 0 Å². The zero-order valence-electron chi connectivity index (χ0n) is 18.6. The topological polar surface area (TPSA) is 91.3 Å². The van der Waals surface area contributed by atoms with Gasteiger partial charge in [-0.1, -0.05) is 91.0 Å². The summed E-state index contributed by atoms with van der Waals surface area (Å²) in [6.07, 6.45) is -2.56. The van der Waals surface area contributed by atoms with Gasteiger partial charge in [-0.3, -0.25) is 4.55 Å². The van der Waals surface area contributed by atoms with Crippen molar-refractivity contribution in [1.82, 2.24) is 0 Å². The van der Waals surface area contributed by atoms with Crippen LogP contribution < -0.4 is 0 Å². The first-order valence-corrected chi connectivity index (χ1v) is 12.6. The third-order valence-corrected chi connectivity index (χ3v) is 6.49. The molecule has 0 spiro atoms. The smallest absolute Gasteiger partial charge is 0.295 e. The Morgan fingerprint density at radius 1 is 0.676 bits per heavy atom. The summed E-state index contributed by atoms with van der Waals surface area (Å²) in [7, 11) is -4.56. The average molecular weight is 485 g/mol. The SMILES string of the molecule is O=S(=O)(O)[C@@H]1O[C@H](COCc2ccccc2)[C@@H](OCc2ccccc2)[C@@H]1OCc1ccccc1. The maximum atomic E-state index is 12.2. The fourth-order valence-corrected chi connectivity index (χ4v) is 4.70. The number of rotatable bonds is 11.